The molecule has 2 nitrogen and oxygen atoms in total. The van der Waals surface area contributed by atoms with E-state index in [1.165, 1.54) is 22.6 Å². The maximum atomic E-state index is 12.2. The molecule has 0 spiro atoms. The smallest absolute Gasteiger partial charge is 0.419 e. The summed E-state index contributed by atoms with van der Waals surface area (Å²) in [5.74, 6) is -1.15. The Kier molecular flexibility index (Phi) is 3.36. The minimum absolute atomic E-state index is 0.246. The van der Waals surface area contributed by atoms with E-state index in [9.17, 15) is 22.0 Å². The Hall–Kier alpha value is -0.670. The fourth-order valence-corrected chi connectivity index (χ4v) is 1.57. The Labute approximate surface area is 94.3 Å². The maximum Gasteiger partial charge on any atom is 0.419 e. The van der Waals surface area contributed by atoms with Crippen molar-refractivity contribution >= 4 is 22.6 Å². The first-order valence-corrected chi connectivity index (χ1v) is 4.56. The highest BCUT2D eigenvalue weighted by atomic mass is 127. The number of pyridine rings is 1. The highest BCUT2D eigenvalue weighted by Gasteiger charge is 2.35. The average molecular weight is 339 g/mol. The molecule has 0 aliphatic heterocycles. The van der Waals surface area contributed by atoms with Crippen molar-refractivity contribution in [2.75, 3.05) is 0 Å². The molecule has 0 atom stereocenters. The first-order valence-electron chi connectivity index (χ1n) is 3.48. The van der Waals surface area contributed by atoms with Gasteiger partial charge in [-0.3, -0.25) is 0 Å². The third kappa shape index (κ3) is 2.67. The maximum absolute atomic E-state index is 12.2. The van der Waals surface area contributed by atoms with Crippen LogP contribution >= 0.6 is 22.6 Å². The Morgan fingerprint density at radius 3 is 2.27 bits per heavy atom. The van der Waals surface area contributed by atoms with E-state index in [0.717, 1.165) is 0 Å². The van der Waals surface area contributed by atoms with Gasteiger partial charge in [0.05, 0.1) is 5.56 Å². The molecule has 0 aliphatic carbocycles. The van der Waals surface area contributed by atoms with Crippen LogP contribution in [0.1, 0.15) is 17.7 Å². The Morgan fingerprint density at radius 2 is 1.87 bits per heavy atom. The van der Waals surface area contributed by atoms with E-state index >= 15 is 0 Å². The zero-order valence-corrected chi connectivity index (χ0v) is 8.97. The Balaban J connectivity index is 3.32. The summed E-state index contributed by atoms with van der Waals surface area (Å²) in [4.78, 5) is 3.01. The second-order valence-electron chi connectivity index (χ2n) is 2.53. The lowest BCUT2D eigenvalue weighted by molar-refractivity contribution is -0.138. The zero-order valence-electron chi connectivity index (χ0n) is 6.82. The predicted octanol–water partition coefficient (Wildman–Crippen LogP) is 3.35. The fourth-order valence-electron chi connectivity index (χ4n) is 0.853. The van der Waals surface area contributed by atoms with Crippen molar-refractivity contribution < 1.29 is 27.1 Å². The summed E-state index contributed by atoms with van der Waals surface area (Å²) in [5.41, 5.74) is -2.28. The van der Waals surface area contributed by atoms with Gasteiger partial charge >= 0.3 is 6.18 Å². The molecule has 1 aromatic rings. The van der Waals surface area contributed by atoms with Crippen LogP contribution in [0.4, 0.5) is 22.0 Å². The van der Waals surface area contributed by atoms with Crippen molar-refractivity contribution in [3.05, 3.63) is 21.0 Å². The first kappa shape index (κ1) is 12.4. The van der Waals surface area contributed by atoms with Crippen LogP contribution < -0.4 is 0 Å². The molecule has 8 heteroatoms. The van der Waals surface area contributed by atoms with Gasteiger partial charge in [-0.15, -0.1) is 0 Å². The molecule has 15 heavy (non-hydrogen) atoms. The van der Waals surface area contributed by atoms with Crippen molar-refractivity contribution in [1.82, 2.24) is 4.98 Å². The lowest BCUT2D eigenvalue weighted by Gasteiger charge is -2.11. The van der Waals surface area contributed by atoms with Gasteiger partial charge in [0.25, 0.3) is 6.43 Å². The SMILES string of the molecule is Oc1cc(C(F)(F)F)c(I)nc1C(F)F. The number of hydrogen-bond acceptors (Lipinski definition) is 2. The van der Waals surface area contributed by atoms with E-state index < -0.39 is 33.3 Å². The molecule has 1 heterocycles. The number of rotatable bonds is 1. The topological polar surface area (TPSA) is 33.1 Å². The van der Waals surface area contributed by atoms with Crippen LogP contribution in [0, 0.1) is 3.70 Å². The number of halogens is 6. The van der Waals surface area contributed by atoms with Crippen LogP contribution in [0.5, 0.6) is 5.75 Å². The molecule has 0 amide bonds. The molecule has 1 N–H and O–H groups in total. The molecule has 1 rings (SSSR count). The summed E-state index contributed by atoms with van der Waals surface area (Å²) >= 11 is 1.19. The highest BCUT2D eigenvalue weighted by Crippen LogP contribution is 2.37. The van der Waals surface area contributed by atoms with Crippen LogP contribution in [-0.2, 0) is 6.18 Å². The van der Waals surface area contributed by atoms with Gasteiger partial charge in [-0.05, 0) is 28.7 Å². The molecule has 0 radical (unpaired) electrons. The van der Waals surface area contributed by atoms with Gasteiger partial charge in [0.2, 0.25) is 0 Å². The molecule has 0 saturated carbocycles. The molecule has 84 valence electrons. The van der Waals surface area contributed by atoms with Crippen molar-refractivity contribution in [3.8, 4) is 5.75 Å². The molecular formula is C7H3F5INO. The molecule has 0 aromatic carbocycles. The number of aromatic hydroxyl groups is 1. The lowest BCUT2D eigenvalue weighted by atomic mass is 10.2. The highest BCUT2D eigenvalue weighted by molar-refractivity contribution is 14.1. The third-order valence-corrected chi connectivity index (χ3v) is 2.32. The summed E-state index contributed by atoms with van der Waals surface area (Å²) in [6.07, 6.45) is -7.83. The number of aromatic nitrogens is 1. The zero-order chi connectivity index (χ0) is 11.8. The molecule has 0 fully saturated rings. The minimum Gasteiger partial charge on any atom is -0.506 e. The van der Waals surface area contributed by atoms with Gasteiger partial charge in [0.1, 0.15) is 15.1 Å². The van der Waals surface area contributed by atoms with Gasteiger partial charge in [-0.2, -0.15) is 13.2 Å². The second-order valence-corrected chi connectivity index (χ2v) is 3.55. The molecule has 1 aromatic heterocycles. The summed E-state index contributed by atoms with van der Waals surface area (Å²) in [5, 5.41) is 8.90. The quantitative estimate of drug-likeness (QED) is 0.484. The Bertz CT molecular complexity index is 378. The van der Waals surface area contributed by atoms with Crippen LogP contribution in [0.25, 0.3) is 0 Å². The van der Waals surface area contributed by atoms with E-state index in [1.807, 2.05) is 0 Å². The van der Waals surface area contributed by atoms with Crippen molar-refractivity contribution in [1.29, 1.82) is 0 Å². The fraction of sp³-hybridized carbons (Fsp3) is 0.286. The monoisotopic (exact) mass is 339 g/mol. The van der Waals surface area contributed by atoms with Crippen LogP contribution in [0.2, 0.25) is 0 Å². The minimum atomic E-state index is -4.72. The third-order valence-electron chi connectivity index (χ3n) is 1.50. The van der Waals surface area contributed by atoms with Crippen molar-refractivity contribution in [2.45, 2.75) is 12.6 Å². The second kappa shape index (κ2) is 4.06. The van der Waals surface area contributed by atoms with Gasteiger partial charge in [0, 0.05) is 0 Å². The van der Waals surface area contributed by atoms with Gasteiger partial charge in [-0.1, -0.05) is 0 Å². The largest absolute Gasteiger partial charge is 0.506 e. The molecule has 0 bridgehead atoms. The number of nitrogens with zero attached hydrogens (tertiary/aromatic N) is 1. The van der Waals surface area contributed by atoms with E-state index in [2.05, 4.69) is 4.98 Å². The van der Waals surface area contributed by atoms with Gasteiger partial charge < -0.3 is 5.11 Å². The summed E-state index contributed by atoms with van der Waals surface area (Å²) in [6.45, 7) is 0. The van der Waals surface area contributed by atoms with Gasteiger partial charge in [-0.25, -0.2) is 13.8 Å². The van der Waals surface area contributed by atoms with Crippen LogP contribution in [0.15, 0.2) is 6.07 Å². The predicted molar refractivity (Wildman–Crippen MR) is 48.6 cm³/mol. The van der Waals surface area contributed by atoms with E-state index in [1.54, 1.807) is 0 Å². The van der Waals surface area contributed by atoms with E-state index in [-0.39, 0.29) is 6.07 Å². The standard InChI is InChI=1S/C7H3F5INO/c8-5(9)4-3(15)1-2(6(13)14-4)7(10,11)12/h1,5,15H. The van der Waals surface area contributed by atoms with Crippen LogP contribution in [0.3, 0.4) is 0 Å². The van der Waals surface area contributed by atoms with E-state index in [0.29, 0.717) is 0 Å². The lowest BCUT2D eigenvalue weighted by Crippen LogP contribution is -2.10. The summed E-state index contributed by atoms with van der Waals surface area (Å²) in [7, 11) is 0. The van der Waals surface area contributed by atoms with Crippen molar-refractivity contribution in [3.63, 3.8) is 0 Å². The first-order chi connectivity index (χ1) is 6.73. The average Bonchev–Trinajstić information content (AvgIpc) is 2.06. The Morgan fingerprint density at radius 1 is 1.33 bits per heavy atom. The summed E-state index contributed by atoms with van der Waals surface area (Å²) in [6, 6.07) is 0.246. The summed E-state index contributed by atoms with van der Waals surface area (Å²) < 4.78 is 60.3. The normalized spacial score (nSPS) is 12.2. The molecular weight excluding hydrogens is 336 g/mol. The van der Waals surface area contributed by atoms with Crippen LogP contribution in [-0.4, -0.2) is 10.1 Å². The van der Waals surface area contributed by atoms with E-state index in [4.69, 9.17) is 5.11 Å². The number of hydrogen-bond donors (Lipinski definition) is 1. The molecule has 0 unspecified atom stereocenters. The van der Waals surface area contributed by atoms with Gasteiger partial charge in [0.15, 0.2) is 0 Å². The molecule has 0 aliphatic rings. The van der Waals surface area contributed by atoms with Crippen molar-refractivity contribution in [2.24, 2.45) is 0 Å². The number of alkyl halides is 5. The molecule has 0 saturated heterocycles.